The number of hydrogen-bond donors (Lipinski definition) is 1. The van der Waals surface area contributed by atoms with Crippen molar-refractivity contribution in [2.24, 2.45) is 5.92 Å². The molecule has 2 aliphatic rings. The fourth-order valence-electron chi connectivity index (χ4n) is 2.89. The maximum absolute atomic E-state index is 12.7. The van der Waals surface area contributed by atoms with Crippen LogP contribution in [0.4, 0.5) is 0 Å². The minimum atomic E-state index is -0.192. The van der Waals surface area contributed by atoms with Crippen LogP contribution in [0.2, 0.25) is 4.34 Å². The molecule has 120 valence electrons. The van der Waals surface area contributed by atoms with E-state index in [-0.39, 0.29) is 23.7 Å². The number of carbonyl (C=O) groups is 2. The Morgan fingerprint density at radius 2 is 2.14 bits per heavy atom. The molecule has 2 unspecified atom stereocenters. The molecule has 0 aromatic carbocycles. The van der Waals surface area contributed by atoms with Crippen molar-refractivity contribution in [1.29, 1.82) is 0 Å². The Morgan fingerprint density at radius 3 is 2.77 bits per heavy atom. The maximum atomic E-state index is 12.7. The molecule has 1 saturated carbocycles. The molecule has 1 aliphatic heterocycles. The Hall–Kier alpha value is -1.07. The summed E-state index contributed by atoms with van der Waals surface area (Å²) in [6, 6.07) is 4.12. The Labute approximate surface area is 139 Å². The fraction of sp³-hybridized carbons (Fsp3) is 0.625. The van der Waals surface area contributed by atoms with Crippen LogP contribution in [-0.2, 0) is 9.59 Å². The molecule has 2 amide bonds. The summed E-state index contributed by atoms with van der Waals surface area (Å²) in [4.78, 5) is 27.7. The van der Waals surface area contributed by atoms with Gasteiger partial charge in [0.1, 0.15) is 0 Å². The van der Waals surface area contributed by atoms with Crippen LogP contribution in [0.25, 0.3) is 0 Å². The van der Waals surface area contributed by atoms with Crippen LogP contribution < -0.4 is 5.32 Å². The molecule has 2 atom stereocenters. The molecule has 0 bridgehead atoms. The third-order valence-corrected chi connectivity index (χ3v) is 5.83. The summed E-state index contributed by atoms with van der Waals surface area (Å²) in [5.41, 5.74) is 0. The SMILES string of the molecule is CC(C(=O)N1CCCC(C(=O)NC2CC2)C1)c1ccc(Cl)s1. The number of nitrogens with zero attached hydrogens (tertiary/aromatic N) is 1. The minimum Gasteiger partial charge on any atom is -0.353 e. The van der Waals surface area contributed by atoms with E-state index in [2.05, 4.69) is 5.32 Å². The Morgan fingerprint density at radius 1 is 1.36 bits per heavy atom. The molecule has 3 rings (SSSR count). The Balaban J connectivity index is 1.60. The molecule has 1 N–H and O–H groups in total. The lowest BCUT2D eigenvalue weighted by Gasteiger charge is -2.33. The Bertz CT molecular complexity index is 570. The first-order valence-electron chi connectivity index (χ1n) is 7.89. The maximum Gasteiger partial charge on any atom is 0.230 e. The number of rotatable bonds is 4. The molecule has 2 heterocycles. The zero-order chi connectivity index (χ0) is 15.7. The standard InChI is InChI=1S/C16H21ClN2O2S/c1-10(13-6-7-14(17)22-13)16(21)19-8-2-3-11(9-19)15(20)18-12-4-5-12/h6-7,10-12H,2-5,8-9H2,1H3,(H,18,20). The van der Waals surface area contributed by atoms with Crippen molar-refractivity contribution in [2.75, 3.05) is 13.1 Å². The molecule has 0 spiro atoms. The number of halogens is 1. The topological polar surface area (TPSA) is 49.4 Å². The quantitative estimate of drug-likeness (QED) is 0.916. The molecule has 1 aromatic heterocycles. The molecule has 6 heteroatoms. The van der Waals surface area contributed by atoms with Crippen LogP contribution in [0.5, 0.6) is 0 Å². The van der Waals surface area contributed by atoms with E-state index >= 15 is 0 Å². The van der Waals surface area contributed by atoms with Gasteiger partial charge in [-0.1, -0.05) is 11.6 Å². The number of amides is 2. The van der Waals surface area contributed by atoms with Crippen molar-refractivity contribution in [1.82, 2.24) is 10.2 Å². The van der Waals surface area contributed by atoms with Crippen LogP contribution >= 0.6 is 22.9 Å². The van der Waals surface area contributed by atoms with E-state index in [1.165, 1.54) is 11.3 Å². The van der Waals surface area contributed by atoms with Gasteiger partial charge in [-0.25, -0.2) is 0 Å². The average Bonchev–Trinajstić information content (AvgIpc) is 3.24. The third kappa shape index (κ3) is 3.63. The molecule has 1 aliphatic carbocycles. The summed E-state index contributed by atoms with van der Waals surface area (Å²) in [6.45, 7) is 3.20. The number of thiophene rings is 1. The highest BCUT2D eigenvalue weighted by atomic mass is 35.5. The molecular weight excluding hydrogens is 320 g/mol. The summed E-state index contributed by atoms with van der Waals surface area (Å²) in [6.07, 6.45) is 3.96. The zero-order valence-electron chi connectivity index (χ0n) is 12.7. The van der Waals surface area contributed by atoms with Crippen molar-refractivity contribution in [3.63, 3.8) is 0 Å². The normalized spacial score (nSPS) is 23.2. The highest BCUT2D eigenvalue weighted by Crippen LogP contribution is 2.30. The van der Waals surface area contributed by atoms with E-state index < -0.39 is 0 Å². The van der Waals surface area contributed by atoms with Crippen LogP contribution in [0.15, 0.2) is 12.1 Å². The van der Waals surface area contributed by atoms with Crippen molar-refractivity contribution in [2.45, 2.75) is 44.6 Å². The fourth-order valence-corrected chi connectivity index (χ4v) is 4.00. The number of piperidine rings is 1. The number of carbonyl (C=O) groups excluding carboxylic acids is 2. The summed E-state index contributed by atoms with van der Waals surface area (Å²) in [5.74, 6) is -0.0329. The van der Waals surface area contributed by atoms with Crippen molar-refractivity contribution >= 4 is 34.8 Å². The second kappa shape index (κ2) is 6.59. The van der Waals surface area contributed by atoms with Crippen molar-refractivity contribution < 1.29 is 9.59 Å². The third-order valence-electron chi connectivity index (χ3n) is 4.42. The van der Waals surface area contributed by atoms with Crippen molar-refractivity contribution in [3.05, 3.63) is 21.3 Å². The summed E-state index contributed by atoms with van der Waals surface area (Å²) < 4.78 is 0.704. The van der Waals surface area contributed by atoms with E-state index in [4.69, 9.17) is 11.6 Å². The van der Waals surface area contributed by atoms with Gasteiger partial charge in [0.25, 0.3) is 0 Å². The van der Waals surface area contributed by atoms with E-state index in [0.717, 1.165) is 37.1 Å². The summed E-state index contributed by atoms with van der Waals surface area (Å²) in [7, 11) is 0. The van der Waals surface area contributed by atoms with E-state index in [0.29, 0.717) is 16.9 Å². The van der Waals surface area contributed by atoms with Gasteiger partial charge < -0.3 is 10.2 Å². The van der Waals surface area contributed by atoms with Gasteiger partial charge >= 0.3 is 0 Å². The second-order valence-corrected chi connectivity index (χ2v) is 8.02. The monoisotopic (exact) mass is 340 g/mol. The minimum absolute atomic E-state index is 0.0579. The van der Waals surface area contributed by atoms with Crippen LogP contribution in [-0.4, -0.2) is 35.8 Å². The van der Waals surface area contributed by atoms with Crippen LogP contribution in [0, 0.1) is 5.92 Å². The van der Waals surface area contributed by atoms with Crippen molar-refractivity contribution in [3.8, 4) is 0 Å². The number of likely N-dealkylation sites (tertiary alicyclic amines) is 1. The summed E-state index contributed by atoms with van der Waals surface area (Å²) in [5, 5.41) is 3.06. The first-order chi connectivity index (χ1) is 10.5. The van der Waals surface area contributed by atoms with Gasteiger partial charge in [0.05, 0.1) is 16.2 Å². The molecule has 22 heavy (non-hydrogen) atoms. The molecule has 0 radical (unpaired) electrons. The van der Waals surface area contributed by atoms with Gasteiger partial charge in [0, 0.05) is 24.0 Å². The lowest BCUT2D eigenvalue weighted by Crippen LogP contribution is -2.46. The largest absolute Gasteiger partial charge is 0.353 e. The number of nitrogens with one attached hydrogen (secondary N) is 1. The van der Waals surface area contributed by atoms with Gasteiger partial charge in [0.2, 0.25) is 11.8 Å². The highest BCUT2D eigenvalue weighted by Gasteiger charge is 2.33. The smallest absolute Gasteiger partial charge is 0.230 e. The summed E-state index contributed by atoms with van der Waals surface area (Å²) >= 11 is 7.41. The van der Waals surface area contributed by atoms with E-state index in [9.17, 15) is 9.59 Å². The number of hydrogen-bond acceptors (Lipinski definition) is 3. The zero-order valence-corrected chi connectivity index (χ0v) is 14.3. The predicted molar refractivity (Wildman–Crippen MR) is 88.2 cm³/mol. The molecule has 4 nitrogen and oxygen atoms in total. The first kappa shape index (κ1) is 15.8. The highest BCUT2D eigenvalue weighted by molar-refractivity contribution is 7.16. The average molecular weight is 341 g/mol. The van der Waals surface area contributed by atoms with Gasteiger partial charge in [-0.2, -0.15) is 0 Å². The van der Waals surface area contributed by atoms with E-state index in [1.807, 2.05) is 24.0 Å². The molecular formula is C16H21ClN2O2S. The lowest BCUT2D eigenvalue weighted by molar-refractivity contribution is -0.136. The first-order valence-corrected chi connectivity index (χ1v) is 9.08. The molecule has 1 aromatic rings. The van der Waals surface area contributed by atoms with E-state index in [1.54, 1.807) is 0 Å². The lowest BCUT2D eigenvalue weighted by atomic mass is 9.95. The second-order valence-electron chi connectivity index (χ2n) is 6.27. The Kier molecular flexibility index (Phi) is 4.73. The molecule has 2 fully saturated rings. The molecule has 1 saturated heterocycles. The van der Waals surface area contributed by atoms with Crippen LogP contribution in [0.1, 0.15) is 43.4 Å². The van der Waals surface area contributed by atoms with Gasteiger partial charge in [-0.15, -0.1) is 11.3 Å². The predicted octanol–water partition coefficient (Wildman–Crippen LogP) is 3.02. The van der Waals surface area contributed by atoms with Gasteiger partial charge in [-0.3, -0.25) is 9.59 Å². The van der Waals surface area contributed by atoms with Gasteiger partial charge in [-0.05, 0) is 44.7 Å². The van der Waals surface area contributed by atoms with Gasteiger partial charge in [0.15, 0.2) is 0 Å². The van der Waals surface area contributed by atoms with Crippen LogP contribution in [0.3, 0.4) is 0 Å².